The number of benzene rings is 1. The van der Waals surface area contributed by atoms with Crippen LogP contribution in [0.2, 0.25) is 0 Å². The van der Waals surface area contributed by atoms with E-state index in [0.29, 0.717) is 18.0 Å². The summed E-state index contributed by atoms with van der Waals surface area (Å²) < 4.78 is 0. The van der Waals surface area contributed by atoms with Gasteiger partial charge in [0.25, 0.3) is 5.91 Å². The van der Waals surface area contributed by atoms with Crippen LogP contribution in [-0.4, -0.2) is 34.4 Å². The molecule has 1 aromatic carbocycles. The summed E-state index contributed by atoms with van der Waals surface area (Å²) in [7, 11) is 0. The van der Waals surface area contributed by atoms with Gasteiger partial charge in [-0.2, -0.15) is 5.26 Å². The third-order valence-corrected chi connectivity index (χ3v) is 5.90. The number of carbonyl (C=O) groups excluding carboxylic acids is 1. The van der Waals surface area contributed by atoms with Crippen LogP contribution in [0.25, 0.3) is 5.57 Å². The summed E-state index contributed by atoms with van der Waals surface area (Å²) in [5.74, 6) is 0.175. The molecule has 1 amide bonds. The van der Waals surface area contributed by atoms with Gasteiger partial charge in [0.2, 0.25) is 0 Å². The van der Waals surface area contributed by atoms with Crippen molar-refractivity contribution in [1.82, 2.24) is 15.2 Å². The number of para-hydroxylation sites is 1. The first-order valence-electron chi connectivity index (χ1n) is 10.3. The number of carbonyl (C=O) groups is 1. The highest BCUT2D eigenvalue weighted by Gasteiger charge is 2.61. The van der Waals surface area contributed by atoms with E-state index in [2.05, 4.69) is 28.4 Å². The van der Waals surface area contributed by atoms with Crippen LogP contribution in [0.15, 0.2) is 79.2 Å². The Morgan fingerprint density at radius 2 is 2.13 bits per heavy atom. The fraction of sp³-hybridized carbons (Fsp3) is 0.240. The number of hydrogen-bond donors (Lipinski definition) is 2. The molecular weight excluding hydrogens is 386 g/mol. The van der Waals surface area contributed by atoms with Gasteiger partial charge in [-0.15, -0.1) is 0 Å². The predicted octanol–water partition coefficient (Wildman–Crippen LogP) is 4.01. The Morgan fingerprint density at radius 1 is 1.32 bits per heavy atom. The van der Waals surface area contributed by atoms with Gasteiger partial charge in [-0.1, -0.05) is 36.9 Å². The van der Waals surface area contributed by atoms with Gasteiger partial charge >= 0.3 is 0 Å². The van der Waals surface area contributed by atoms with Crippen molar-refractivity contribution in [1.29, 1.82) is 5.26 Å². The summed E-state index contributed by atoms with van der Waals surface area (Å²) in [4.78, 5) is 18.6. The van der Waals surface area contributed by atoms with Gasteiger partial charge in [0.05, 0.1) is 24.0 Å². The van der Waals surface area contributed by atoms with Crippen molar-refractivity contribution in [3.8, 4) is 6.19 Å². The van der Waals surface area contributed by atoms with E-state index in [1.807, 2.05) is 55.5 Å². The molecule has 2 fully saturated rings. The predicted molar refractivity (Wildman–Crippen MR) is 122 cm³/mol. The number of anilines is 2. The molecule has 6 heteroatoms. The molecule has 1 unspecified atom stereocenters. The Morgan fingerprint density at radius 3 is 2.84 bits per heavy atom. The number of aromatic nitrogens is 1. The van der Waals surface area contributed by atoms with E-state index in [-0.39, 0.29) is 11.4 Å². The SMILES string of the molecule is C=C(/C=C\C(=C/C)c1ccncc1Nc1ccccc1)C(=O)N[C@]12CC1CN(C#N)C2. The van der Waals surface area contributed by atoms with Gasteiger partial charge in [0, 0.05) is 35.5 Å². The molecule has 2 aliphatic rings. The average Bonchev–Trinajstić information content (AvgIpc) is 3.34. The van der Waals surface area contributed by atoms with Crippen LogP contribution in [0.3, 0.4) is 0 Å². The minimum atomic E-state index is -0.259. The Bertz CT molecular complexity index is 1100. The molecule has 4 rings (SSSR count). The minimum absolute atomic E-state index is 0.189. The maximum absolute atomic E-state index is 12.7. The molecule has 1 saturated carbocycles. The summed E-state index contributed by atoms with van der Waals surface area (Å²) in [6, 6.07) is 11.9. The zero-order chi connectivity index (χ0) is 21.8. The Kier molecular flexibility index (Phi) is 5.59. The van der Waals surface area contributed by atoms with Gasteiger partial charge in [-0.05, 0) is 43.2 Å². The van der Waals surface area contributed by atoms with Crippen LogP contribution >= 0.6 is 0 Å². The highest BCUT2D eigenvalue weighted by atomic mass is 16.2. The molecule has 2 N–H and O–H groups in total. The summed E-state index contributed by atoms with van der Waals surface area (Å²) >= 11 is 0. The fourth-order valence-electron chi connectivity index (χ4n) is 4.09. The first kappa shape index (κ1) is 20.4. The molecule has 6 nitrogen and oxygen atoms in total. The number of fused-ring (bicyclic) bond motifs is 1. The second-order valence-electron chi connectivity index (χ2n) is 8.01. The van der Waals surface area contributed by atoms with E-state index in [0.717, 1.165) is 35.5 Å². The standard InChI is InChI=1S/C25H25N5O/c1-3-19(22-11-12-27-14-23(22)28-21-7-5-4-6-8-21)10-9-18(2)24(31)29-25-13-20(25)15-30(16-25)17-26/h3-12,14,20,28H,2,13,15-16H2,1H3,(H,29,31)/b10-9-,19-3+/t20?,25-/m0/s1. The van der Waals surface area contributed by atoms with E-state index >= 15 is 0 Å². The molecular formula is C25H25N5O. The smallest absolute Gasteiger partial charge is 0.251 e. The lowest BCUT2D eigenvalue weighted by atomic mass is 10.0. The van der Waals surface area contributed by atoms with Crippen LogP contribution in [0.4, 0.5) is 11.4 Å². The minimum Gasteiger partial charge on any atom is -0.354 e. The number of nitriles is 1. The maximum Gasteiger partial charge on any atom is 0.251 e. The van der Waals surface area contributed by atoms with E-state index in [1.165, 1.54) is 0 Å². The quantitative estimate of drug-likeness (QED) is 0.409. The van der Waals surface area contributed by atoms with Gasteiger partial charge in [0.1, 0.15) is 0 Å². The Labute approximate surface area is 182 Å². The zero-order valence-corrected chi connectivity index (χ0v) is 17.5. The van der Waals surface area contributed by atoms with E-state index in [1.54, 1.807) is 23.4 Å². The number of pyridine rings is 1. The third kappa shape index (κ3) is 4.36. The monoisotopic (exact) mass is 411 g/mol. The normalized spacial score (nSPS) is 22.0. The number of amides is 1. The molecule has 1 saturated heterocycles. The third-order valence-electron chi connectivity index (χ3n) is 5.90. The molecule has 31 heavy (non-hydrogen) atoms. The lowest BCUT2D eigenvalue weighted by Crippen LogP contribution is -2.41. The van der Waals surface area contributed by atoms with Crippen molar-refractivity contribution in [3.63, 3.8) is 0 Å². The van der Waals surface area contributed by atoms with Gasteiger partial charge < -0.3 is 15.5 Å². The summed E-state index contributed by atoms with van der Waals surface area (Å²) in [6.45, 7) is 7.21. The lowest BCUT2D eigenvalue weighted by Gasteiger charge is -2.17. The number of piperidine rings is 1. The molecule has 0 bridgehead atoms. The molecule has 2 aromatic rings. The van der Waals surface area contributed by atoms with Crippen molar-refractivity contribution in [3.05, 3.63) is 84.7 Å². The largest absolute Gasteiger partial charge is 0.354 e. The number of hydrogen-bond acceptors (Lipinski definition) is 5. The maximum atomic E-state index is 12.7. The topological polar surface area (TPSA) is 81.1 Å². The number of nitrogens with zero attached hydrogens (tertiary/aromatic N) is 3. The Hall–Kier alpha value is -3.85. The van der Waals surface area contributed by atoms with Crippen molar-refractivity contribution >= 4 is 22.9 Å². The second-order valence-corrected chi connectivity index (χ2v) is 8.01. The van der Waals surface area contributed by atoms with Crippen molar-refractivity contribution in [2.24, 2.45) is 5.92 Å². The molecule has 2 atom stereocenters. The Balaban J connectivity index is 1.44. The fourth-order valence-corrected chi connectivity index (χ4v) is 4.09. The highest BCUT2D eigenvalue weighted by molar-refractivity contribution is 5.97. The zero-order valence-electron chi connectivity index (χ0n) is 17.5. The van der Waals surface area contributed by atoms with E-state index in [9.17, 15) is 4.79 Å². The van der Waals surface area contributed by atoms with Crippen molar-refractivity contribution in [2.45, 2.75) is 18.9 Å². The van der Waals surface area contributed by atoms with Crippen LogP contribution in [0.5, 0.6) is 0 Å². The number of allylic oxidation sites excluding steroid dienone is 3. The number of likely N-dealkylation sites (tertiary alicyclic amines) is 1. The summed E-state index contributed by atoms with van der Waals surface area (Å²) in [5.41, 5.74) is 3.91. The van der Waals surface area contributed by atoms with Gasteiger partial charge in [0.15, 0.2) is 6.19 Å². The average molecular weight is 412 g/mol. The van der Waals surface area contributed by atoms with E-state index < -0.39 is 0 Å². The second kappa shape index (κ2) is 8.49. The molecule has 2 heterocycles. The molecule has 1 aliphatic carbocycles. The van der Waals surface area contributed by atoms with Crippen molar-refractivity contribution < 1.29 is 4.79 Å². The van der Waals surface area contributed by atoms with Gasteiger partial charge in [-0.3, -0.25) is 9.78 Å². The van der Waals surface area contributed by atoms with Crippen LogP contribution < -0.4 is 10.6 Å². The first-order chi connectivity index (χ1) is 15.0. The molecule has 1 aliphatic heterocycles. The highest BCUT2D eigenvalue weighted by Crippen LogP contribution is 2.49. The van der Waals surface area contributed by atoms with Crippen LogP contribution in [0.1, 0.15) is 18.9 Å². The molecule has 156 valence electrons. The van der Waals surface area contributed by atoms with E-state index in [4.69, 9.17) is 5.26 Å². The summed E-state index contributed by atoms with van der Waals surface area (Å²) in [5, 5.41) is 15.6. The number of rotatable bonds is 7. The van der Waals surface area contributed by atoms with Crippen LogP contribution in [0, 0.1) is 17.4 Å². The van der Waals surface area contributed by atoms with Crippen LogP contribution in [-0.2, 0) is 4.79 Å². The molecule has 0 spiro atoms. The number of nitrogens with one attached hydrogen (secondary N) is 2. The van der Waals surface area contributed by atoms with Crippen molar-refractivity contribution in [2.75, 3.05) is 18.4 Å². The molecule has 0 radical (unpaired) electrons. The lowest BCUT2D eigenvalue weighted by molar-refractivity contribution is -0.118. The summed E-state index contributed by atoms with van der Waals surface area (Å²) in [6.07, 6.45) is 12.3. The first-order valence-corrected chi connectivity index (χ1v) is 10.3. The molecule has 1 aromatic heterocycles. The van der Waals surface area contributed by atoms with Gasteiger partial charge in [-0.25, -0.2) is 0 Å².